The summed E-state index contributed by atoms with van der Waals surface area (Å²) in [4.78, 5) is 0. The molecule has 0 aromatic carbocycles. The van der Waals surface area contributed by atoms with Crippen molar-refractivity contribution >= 4 is 11.5 Å². The average Bonchev–Trinajstić information content (AvgIpc) is 2.28. The summed E-state index contributed by atoms with van der Waals surface area (Å²) in [6.45, 7) is 13.5. The Balaban J connectivity index is 3.01. The molecule has 0 radical (unpaired) electrons. The van der Waals surface area contributed by atoms with E-state index >= 15 is 0 Å². The Kier molecular flexibility index (Phi) is 2.54. The van der Waals surface area contributed by atoms with Crippen molar-refractivity contribution in [3.05, 3.63) is 17.1 Å². The van der Waals surface area contributed by atoms with E-state index in [2.05, 4.69) is 57.1 Å². The fourth-order valence-corrected chi connectivity index (χ4v) is 2.16. The third-order valence-corrected chi connectivity index (χ3v) is 3.32. The lowest BCUT2D eigenvalue weighted by Gasteiger charge is -2.14. The van der Waals surface area contributed by atoms with Gasteiger partial charge in [-0.05, 0) is 5.41 Å². The van der Waals surface area contributed by atoms with Crippen LogP contribution in [0.1, 0.15) is 47.1 Å². The van der Waals surface area contributed by atoms with Gasteiger partial charge in [0.2, 0.25) is 0 Å². The normalized spacial score (nSPS) is 13.4. The maximum Gasteiger partial charge on any atom is 0.188 e. The number of hydrogen-bond acceptors (Lipinski definition) is 1. The first-order valence-electron chi connectivity index (χ1n) is 4.73. The number of hydrogen-bond donors (Lipinski definition) is 0. The number of aromatic nitrogens is 1. The summed E-state index contributed by atoms with van der Waals surface area (Å²) in [6, 6.07) is 0. The highest BCUT2D eigenvalue weighted by atomic mass is 32.1. The monoisotopic (exact) mass is 198 g/mol. The van der Waals surface area contributed by atoms with Gasteiger partial charge in [-0.3, -0.25) is 0 Å². The first-order chi connectivity index (χ1) is 5.71. The van der Waals surface area contributed by atoms with E-state index in [-0.39, 0.29) is 11.0 Å². The van der Waals surface area contributed by atoms with E-state index in [4.69, 9.17) is 0 Å². The predicted molar refractivity (Wildman–Crippen MR) is 58.2 cm³/mol. The van der Waals surface area contributed by atoms with Gasteiger partial charge in [-0.15, -0.1) is 3.96 Å². The summed E-state index contributed by atoms with van der Waals surface area (Å²) in [6.07, 6.45) is 2.27. The molecule has 0 aliphatic carbocycles. The van der Waals surface area contributed by atoms with Gasteiger partial charge in [0.25, 0.3) is 0 Å². The summed E-state index contributed by atoms with van der Waals surface area (Å²) in [5.41, 5.74) is 1.91. The molecule has 0 fully saturated rings. The molecule has 0 aliphatic heterocycles. The minimum absolute atomic E-state index is 0.216. The molecule has 1 nitrogen and oxygen atoms in total. The fourth-order valence-electron chi connectivity index (χ4n) is 1.02. The minimum Gasteiger partial charge on any atom is -0.136 e. The van der Waals surface area contributed by atoms with Crippen molar-refractivity contribution in [2.75, 3.05) is 0 Å². The smallest absolute Gasteiger partial charge is 0.136 e. The summed E-state index contributed by atoms with van der Waals surface area (Å²) in [7, 11) is 0. The summed E-state index contributed by atoms with van der Waals surface area (Å²) in [5.74, 6) is 0. The Morgan fingerprint density at radius 1 is 1.08 bits per heavy atom. The highest BCUT2D eigenvalue weighted by molar-refractivity contribution is 6.99. The molecule has 13 heavy (non-hydrogen) atoms. The molecule has 0 spiro atoms. The predicted octanol–water partition coefficient (Wildman–Crippen LogP) is 3.09. The van der Waals surface area contributed by atoms with E-state index in [1.54, 1.807) is 11.5 Å². The van der Waals surface area contributed by atoms with E-state index in [0.717, 1.165) is 0 Å². The third kappa shape index (κ3) is 2.53. The Morgan fingerprint density at radius 2 is 1.62 bits per heavy atom. The number of rotatable bonds is 0. The molecule has 1 heterocycles. The van der Waals surface area contributed by atoms with Crippen LogP contribution in [0.2, 0.25) is 0 Å². The van der Waals surface area contributed by atoms with Gasteiger partial charge < -0.3 is 0 Å². The van der Waals surface area contributed by atoms with Crippen LogP contribution in [0.3, 0.4) is 0 Å². The lowest BCUT2D eigenvalue weighted by Crippen LogP contribution is -2.46. The number of nitrogens with zero attached hydrogens (tertiary/aromatic N) is 1. The summed E-state index contributed by atoms with van der Waals surface area (Å²) < 4.78 is 2.31. The third-order valence-electron chi connectivity index (χ3n) is 2.08. The van der Waals surface area contributed by atoms with Crippen LogP contribution in [-0.4, -0.2) is 0 Å². The fraction of sp³-hybridized carbons (Fsp3) is 0.727. The molecule has 0 atom stereocenters. The Labute approximate surface area is 85.6 Å². The second kappa shape index (κ2) is 3.09. The van der Waals surface area contributed by atoms with Crippen LogP contribution in [-0.2, 0) is 11.0 Å². The average molecular weight is 198 g/mol. The van der Waals surface area contributed by atoms with Gasteiger partial charge in [-0.25, -0.2) is 0 Å². The SMILES string of the molecule is CC(C)(C)c1cs[n+](C(C)(C)C)c1. The van der Waals surface area contributed by atoms with Gasteiger partial charge in [0.1, 0.15) is 11.5 Å². The minimum atomic E-state index is 0.216. The van der Waals surface area contributed by atoms with Gasteiger partial charge in [0.05, 0.1) is 5.38 Å². The van der Waals surface area contributed by atoms with Crippen LogP contribution < -0.4 is 3.96 Å². The Bertz CT molecular complexity index is 257. The topological polar surface area (TPSA) is 3.88 Å². The molecule has 0 amide bonds. The van der Waals surface area contributed by atoms with E-state index in [9.17, 15) is 0 Å². The van der Waals surface area contributed by atoms with Crippen LogP contribution in [0, 0.1) is 0 Å². The van der Waals surface area contributed by atoms with Crippen LogP contribution in [0.5, 0.6) is 0 Å². The molecule has 0 saturated heterocycles. The van der Waals surface area contributed by atoms with Crippen molar-refractivity contribution in [1.29, 1.82) is 0 Å². The highest BCUT2D eigenvalue weighted by Gasteiger charge is 2.27. The van der Waals surface area contributed by atoms with E-state index in [1.165, 1.54) is 5.56 Å². The molecular weight excluding hydrogens is 178 g/mol. The van der Waals surface area contributed by atoms with Crippen molar-refractivity contribution in [2.45, 2.75) is 52.5 Å². The molecular formula is C11H20NS+. The van der Waals surface area contributed by atoms with Crippen molar-refractivity contribution in [1.82, 2.24) is 0 Å². The van der Waals surface area contributed by atoms with Gasteiger partial charge in [0.15, 0.2) is 11.7 Å². The molecule has 74 valence electrons. The first-order valence-corrected chi connectivity index (χ1v) is 5.56. The van der Waals surface area contributed by atoms with Crippen LogP contribution >= 0.6 is 11.5 Å². The van der Waals surface area contributed by atoms with Crippen LogP contribution in [0.15, 0.2) is 11.6 Å². The Morgan fingerprint density at radius 3 is 1.85 bits per heavy atom. The van der Waals surface area contributed by atoms with E-state index in [1.807, 2.05) is 0 Å². The molecule has 0 N–H and O–H groups in total. The summed E-state index contributed by atoms with van der Waals surface area (Å²) >= 11 is 1.80. The second-order valence-electron chi connectivity index (χ2n) is 5.55. The Hall–Kier alpha value is -0.370. The van der Waals surface area contributed by atoms with Crippen molar-refractivity contribution in [3.63, 3.8) is 0 Å². The van der Waals surface area contributed by atoms with Crippen LogP contribution in [0.4, 0.5) is 0 Å². The van der Waals surface area contributed by atoms with Crippen LogP contribution in [0.25, 0.3) is 0 Å². The molecule has 2 heteroatoms. The highest BCUT2D eigenvalue weighted by Crippen LogP contribution is 2.23. The lowest BCUT2D eigenvalue weighted by molar-refractivity contribution is -0.692. The zero-order chi connectivity index (χ0) is 10.3. The van der Waals surface area contributed by atoms with Crippen molar-refractivity contribution in [3.8, 4) is 0 Å². The zero-order valence-corrected chi connectivity index (χ0v) is 10.3. The molecule has 1 rings (SSSR count). The van der Waals surface area contributed by atoms with Gasteiger partial charge >= 0.3 is 0 Å². The molecule has 0 bridgehead atoms. The quantitative estimate of drug-likeness (QED) is 0.564. The molecule has 0 saturated carbocycles. The first kappa shape index (κ1) is 10.7. The van der Waals surface area contributed by atoms with Gasteiger partial charge in [0, 0.05) is 26.3 Å². The molecule has 1 aromatic heterocycles. The maximum atomic E-state index is 2.31. The summed E-state index contributed by atoms with van der Waals surface area (Å²) in [5, 5.41) is 2.26. The maximum absolute atomic E-state index is 2.31. The van der Waals surface area contributed by atoms with Crippen molar-refractivity contribution < 1.29 is 3.96 Å². The van der Waals surface area contributed by atoms with E-state index in [0.29, 0.717) is 0 Å². The van der Waals surface area contributed by atoms with Gasteiger partial charge in [-0.1, -0.05) is 20.8 Å². The zero-order valence-electron chi connectivity index (χ0n) is 9.51. The van der Waals surface area contributed by atoms with Gasteiger partial charge in [-0.2, -0.15) is 0 Å². The lowest BCUT2D eigenvalue weighted by atomic mass is 9.90. The van der Waals surface area contributed by atoms with Crippen molar-refractivity contribution in [2.24, 2.45) is 0 Å². The largest absolute Gasteiger partial charge is 0.188 e. The standard InChI is InChI=1S/C11H20NS/c1-10(2,3)9-7-12(13-8-9)11(4,5)6/h7-8H,1-6H3/q+1. The second-order valence-corrected chi connectivity index (χ2v) is 6.39. The molecule has 0 aliphatic rings. The molecule has 1 aromatic rings. The van der Waals surface area contributed by atoms with E-state index < -0.39 is 0 Å². The molecule has 0 unspecified atom stereocenters.